The molecule has 4 bridgehead atoms. The lowest BCUT2D eigenvalue weighted by molar-refractivity contribution is -0.0920. The van der Waals surface area contributed by atoms with Crippen LogP contribution in [-0.4, -0.2) is 0 Å². The molecule has 0 spiro atoms. The fourth-order valence-electron chi connectivity index (χ4n) is 6.55. The van der Waals surface area contributed by atoms with Crippen molar-refractivity contribution in [1.82, 2.24) is 0 Å². The summed E-state index contributed by atoms with van der Waals surface area (Å²) in [6.45, 7) is 13.6. The van der Waals surface area contributed by atoms with Crippen LogP contribution in [0.3, 0.4) is 0 Å². The summed E-state index contributed by atoms with van der Waals surface area (Å²) < 4.78 is 0. The summed E-state index contributed by atoms with van der Waals surface area (Å²) in [5.74, 6) is 2.22. The third-order valence-corrected chi connectivity index (χ3v) is 7.50. The van der Waals surface area contributed by atoms with Gasteiger partial charge in [-0.1, -0.05) is 62.4 Å². The van der Waals surface area contributed by atoms with Crippen molar-refractivity contribution in [2.24, 2.45) is 22.7 Å². The first-order valence-electron chi connectivity index (χ1n) is 11.2. The molecule has 0 atom stereocenters. The lowest BCUT2D eigenvalue weighted by Gasteiger charge is -2.60. The molecule has 4 saturated carbocycles. The van der Waals surface area contributed by atoms with Crippen molar-refractivity contribution in [3.05, 3.63) is 70.8 Å². The summed E-state index contributed by atoms with van der Waals surface area (Å²) in [6.07, 6.45) is 9.33. The maximum absolute atomic E-state index is 2.54. The van der Waals surface area contributed by atoms with Crippen molar-refractivity contribution in [2.75, 3.05) is 0 Å². The maximum Gasteiger partial charge on any atom is -0.0315 e. The average molecular weight is 377 g/mol. The molecule has 0 saturated heterocycles. The number of benzene rings is 2. The summed E-state index contributed by atoms with van der Waals surface area (Å²) in [5.41, 5.74) is 7.00. The van der Waals surface area contributed by atoms with Crippen LogP contribution in [0, 0.1) is 50.4 Å². The van der Waals surface area contributed by atoms with Gasteiger partial charge in [-0.25, -0.2) is 0 Å². The maximum atomic E-state index is 2.54. The normalized spacial score (nSPS) is 32.1. The Hall–Kier alpha value is -1.56. The second-order valence-electron chi connectivity index (χ2n) is 10.8. The number of hydrogen-bond donors (Lipinski definition) is 0. The van der Waals surface area contributed by atoms with Gasteiger partial charge in [-0.3, -0.25) is 0 Å². The molecule has 6 rings (SSSR count). The van der Waals surface area contributed by atoms with Gasteiger partial charge in [-0.15, -0.1) is 0 Å². The van der Waals surface area contributed by atoms with E-state index in [9.17, 15) is 0 Å². The molecule has 0 radical (unpaired) electrons. The lowest BCUT2D eigenvalue weighted by atomic mass is 9.45. The van der Waals surface area contributed by atoms with Crippen molar-refractivity contribution < 1.29 is 0 Å². The van der Waals surface area contributed by atoms with Crippen LogP contribution in [-0.2, 0) is 0 Å². The number of rotatable bonds is 0. The first kappa shape index (κ1) is 21.2. The Morgan fingerprint density at radius 2 is 0.857 bits per heavy atom. The van der Waals surface area contributed by atoms with Crippen molar-refractivity contribution in [2.45, 2.75) is 80.1 Å². The standard InChI is InChI=1S/C12H20.2C8H10/c1-11-4-9-3-10(5-11)7-12(2,6-9)8-11;2*1-7-5-3-4-6-8(7)2/h9-10H,3-8H2,1-2H3;2*3-6H,1-2H3. The Labute approximate surface area is 173 Å². The summed E-state index contributed by atoms with van der Waals surface area (Å²) in [6, 6.07) is 16.7. The zero-order valence-corrected chi connectivity index (χ0v) is 19.0. The average Bonchev–Trinajstić information content (AvgIpc) is 2.58. The van der Waals surface area contributed by atoms with Crippen LogP contribution in [0.15, 0.2) is 48.5 Å². The van der Waals surface area contributed by atoms with Crippen molar-refractivity contribution in [1.29, 1.82) is 0 Å². The third-order valence-electron chi connectivity index (χ3n) is 7.50. The Morgan fingerprint density at radius 3 is 1.07 bits per heavy atom. The second-order valence-corrected chi connectivity index (χ2v) is 10.8. The summed E-state index contributed by atoms with van der Waals surface area (Å²) in [5, 5.41) is 0. The number of hydrogen-bond acceptors (Lipinski definition) is 0. The van der Waals surface area contributed by atoms with E-state index in [1.165, 1.54) is 28.7 Å². The number of aryl methyl sites for hydroxylation is 4. The summed E-state index contributed by atoms with van der Waals surface area (Å²) >= 11 is 0. The van der Waals surface area contributed by atoms with E-state index in [1.807, 2.05) is 0 Å². The molecular formula is C28H40. The molecule has 0 unspecified atom stereocenters. The van der Waals surface area contributed by atoms with Crippen molar-refractivity contribution >= 4 is 0 Å². The highest BCUT2D eigenvalue weighted by Gasteiger charge is 2.53. The summed E-state index contributed by atoms with van der Waals surface area (Å²) in [4.78, 5) is 0. The molecule has 2 aromatic rings. The van der Waals surface area contributed by atoms with E-state index in [-0.39, 0.29) is 0 Å². The molecule has 4 aliphatic carbocycles. The lowest BCUT2D eigenvalue weighted by Crippen LogP contribution is -2.49. The van der Waals surface area contributed by atoms with Gasteiger partial charge in [-0.05, 0) is 111 Å². The largest absolute Gasteiger partial charge is 0.0620 e. The molecule has 0 heteroatoms. The molecule has 0 heterocycles. The van der Waals surface area contributed by atoms with Crippen molar-refractivity contribution in [3.63, 3.8) is 0 Å². The van der Waals surface area contributed by atoms with E-state index in [0.717, 1.165) is 22.7 Å². The van der Waals surface area contributed by atoms with E-state index in [1.54, 1.807) is 32.1 Å². The predicted molar refractivity (Wildman–Crippen MR) is 123 cm³/mol. The monoisotopic (exact) mass is 376 g/mol. The molecule has 0 aromatic heterocycles. The smallest absolute Gasteiger partial charge is 0.0315 e. The summed E-state index contributed by atoms with van der Waals surface area (Å²) in [7, 11) is 0. The van der Waals surface area contributed by atoms with E-state index < -0.39 is 0 Å². The first-order chi connectivity index (χ1) is 13.2. The zero-order valence-electron chi connectivity index (χ0n) is 19.0. The fraction of sp³-hybridized carbons (Fsp3) is 0.571. The minimum atomic E-state index is 0.763. The fourth-order valence-corrected chi connectivity index (χ4v) is 6.55. The first-order valence-corrected chi connectivity index (χ1v) is 11.2. The molecule has 28 heavy (non-hydrogen) atoms. The van der Waals surface area contributed by atoms with Crippen LogP contribution in [0.1, 0.15) is 74.6 Å². The van der Waals surface area contributed by atoms with Gasteiger partial charge in [0.2, 0.25) is 0 Å². The Bertz CT molecular complexity index is 665. The van der Waals surface area contributed by atoms with Gasteiger partial charge in [0.25, 0.3) is 0 Å². The highest BCUT2D eigenvalue weighted by Crippen LogP contribution is 2.64. The second kappa shape index (κ2) is 8.44. The van der Waals surface area contributed by atoms with Gasteiger partial charge in [0.1, 0.15) is 0 Å². The predicted octanol–water partition coefficient (Wildman–Crippen LogP) is 8.22. The topological polar surface area (TPSA) is 0 Å². The minimum absolute atomic E-state index is 0.763. The van der Waals surface area contributed by atoms with Gasteiger partial charge in [0.05, 0.1) is 0 Å². The van der Waals surface area contributed by atoms with Crippen LogP contribution in [0.5, 0.6) is 0 Å². The van der Waals surface area contributed by atoms with Crippen LogP contribution >= 0.6 is 0 Å². The van der Waals surface area contributed by atoms with E-state index >= 15 is 0 Å². The van der Waals surface area contributed by atoms with Gasteiger partial charge in [0.15, 0.2) is 0 Å². The van der Waals surface area contributed by atoms with Gasteiger partial charge < -0.3 is 0 Å². The SMILES string of the molecule is CC12CC3CC(C1)CC(C)(C3)C2.Cc1ccccc1C.Cc1ccccc1C. The van der Waals surface area contributed by atoms with Crippen molar-refractivity contribution in [3.8, 4) is 0 Å². The third kappa shape index (κ3) is 5.28. The molecule has 152 valence electrons. The van der Waals surface area contributed by atoms with Crippen LogP contribution in [0.2, 0.25) is 0 Å². The van der Waals surface area contributed by atoms with E-state index in [4.69, 9.17) is 0 Å². The molecule has 4 aliphatic rings. The highest BCUT2D eigenvalue weighted by molar-refractivity contribution is 5.24. The highest BCUT2D eigenvalue weighted by atomic mass is 14.6. The molecule has 4 fully saturated rings. The van der Waals surface area contributed by atoms with Gasteiger partial charge >= 0.3 is 0 Å². The Morgan fingerprint density at radius 1 is 0.571 bits per heavy atom. The quantitative estimate of drug-likeness (QED) is 0.434. The molecule has 0 N–H and O–H groups in total. The molecule has 2 aromatic carbocycles. The molecule has 0 aliphatic heterocycles. The van der Waals surface area contributed by atoms with E-state index in [0.29, 0.717) is 0 Å². The van der Waals surface area contributed by atoms with Crippen LogP contribution < -0.4 is 0 Å². The van der Waals surface area contributed by atoms with Crippen LogP contribution in [0.25, 0.3) is 0 Å². The molecular weight excluding hydrogens is 336 g/mol. The molecule has 0 nitrogen and oxygen atoms in total. The van der Waals surface area contributed by atoms with Gasteiger partial charge in [0, 0.05) is 0 Å². The van der Waals surface area contributed by atoms with E-state index in [2.05, 4.69) is 90.1 Å². The minimum Gasteiger partial charge on any atom is -0.0620 e. The Balaban J connectivity index is 0.000000126. The zero-order chi connectivity index (χ0) is 20.4. The Kier molecular flexibility index (Phi) is 6.37. The van der Waals surface area contributed by atoms with Crippen LogP contribution in [0.4, 0.5) is 0 Å². The van der Waals surface area contributed by atoms with Gasteiger partial charge in [-0.2, -0.15) is 0 Å². The molecule has 0 amide bonds.